The van der Waals surface area contributed by atoms with Crippen molar-refractivity contribution in [2.45, 2.75) is 19.3 Å². The zero-order valence-electron chi connectivity index (χ0n) is 7.50. The van der Waals surface area contributed by atoms with Gasteiger partial charge in [0.15, 0.2) is 6.29 Å². The molecule has 1 saturated heterocycles. The zero-order valence-corrected chi connectivity index (χ0v) is 12.3. The van der Waals surface area contributed by atoms with Crippen molar-refractivity contribution < 1.29 is 75.2 Å². The molecule has 0 amide bonds. The van der Waals surface area contributed by atoms with Crippen molar-refractivity contribution in [2.24, 2.45) is 0 Å². The first-order valence-electron chi connectivity index (χ1n) is 3.43. The molecule has 1 N–H and O–H groups in total. The van der Waals surface area contributed by atoms with Crippen molar-refractivity contribution in [3.05, 3.63) is 0 Å². The van der Waals surface area contributed by atoms with Crippen LogP contribution >= 0.6 is 6.72 Å². The van der Waals surface area contributed by atoms with Crippen LogP contribution in [0.15, 0.2) is 0 Å². The average Bonchev–Trinajstić information content (AvgIpc) is 2.30. The van der Waals surface area contributed by atoms with Gasteiger partial charge in [0.05, 0.1) is 13.2 Å². The Balaban J connectivity index is 0.00000144. The molecule has 0 aromatic heterocycles. The maximum atomic E-state index is 10.5. The Kier molecular flexibility index (Phi) is 7.68. The molecule has 3 atom stereocenters. The summed E-state index contributed by atoms with van der Waals surface area (Å²) in [5.41, 5.74) is 0. The summed E-state index contributed by atoms with van der Waals surface area (Å²) in [5.74, 6) is 0. The van der Waals surface area contributed by atoms with Crippen LogP contribution < -0.4 is 56.3 Å². The van der Waals surface area contributed by atoms with E-state index in [0.717, 1.165) is 0 Å². The van der Waals surface area contributed by atoms with Crippen molar-refractivity contribution in [1.29, 1.82) is 0 Å². The summed E-state index contributed by atoms with van der Waals surface area (Å²) in [6.07, 6.45) is -0.565. The maximum Gasteiger partial charge on any atom is 1.00 e. The van der Waals surface area contributed by atoms with Gasteiger partial charge >= 0.3 is 51.4 Å². The normalized spacial score (nSPS) is 32.2. The van der Waals surface area contributed by atoms with E-state index >= 15 is 0 Å². The van der Waals surface area contributed by atoms with Gasteiger partial charge in [0.2, 0.25) is 0 Å². The Labute approximate surface area is 124 Å². The summed E-state index contributed by atoms with van der Waals surface area (Å²) in [6, 6.07) is 0. The predicted molar refractivity (Wildman–Crippen MR) is 42.7 cm³/mol. The second kappa shape index (κ2) is 6.62. The molecule has 1 fully saturated rings. The third-order valence-corrected chi connectivity index (χ3v) is 2.12. The van der Waals surface area contributed by atoms with E-state index in [1.165, 1.54) is 0 Å². The summed E-state index contributed by atoms with van der Waals surface area (Å²) < 4.78 is 14.6. The first-order valence-corrected chi connectivity index (χ1v) is 6.02. The van der Waals surface area contributed by atoms with Gasteiger partial charge in [-0.25, -0.2) is 0 Å². The molecule has 0 aromatic rings. The monoisotopic (exact) mass is 252 g/mol. The van der Waals surface area contributed by atoms with E-state index < -0.39 is 6.72 Å². The van der Waals surface area contributed by atoms with Crippen molar-refractivity contribution in [3.63, 3.8) is 0 Å². The fraction of sp³-hybridized carbons (Fsp3) is 1.00. The molecule has 0 bridgehead atoms. The molecular formula is C5H10KO5PS. The van der Waals surface area contributed by atoms with Gasteiger partial charge in [-0.3, -0.25) is 0 Å². The van der Waals surface area contributed by atoms with Gasteiger partial charge in [-0.2, -0.15) is 0 Å². The molecule has 8 heteroatoms. The predicted octanol–water partition coefficient (Wildman–Crippen LogP) is -3.65. The third kappa shape index (κ3) is 7.05. The molecule has 1 heterocycles. The molecule has 0 radical (unpaired) electrons. The molecule has 1 aliphatic heterocycles. The quantitative estimate of drug-likeness (QED) is 0.412. The fourth-order valence-corrected chi connectivity index (χ4v) is 1.39. The van der Waals surface area contributed by atoms with Crippen LogP contribution in [0.1, 0.15) is 6.92 Å². The molecule has 1 unspecified atom stereocenters. The van der Waals surface area contributed by atoms with Gasteiger partial charge < -0.3 is 23.8 Å². The van der Waals surface area contributed by atoms with Crippen molar-refractivity contribution >= 4 is 18.5 Å². The maximum absolute atomic E-state index is 10.5. The van der Waals surface area contributed by atoms with Gasteiger partial charge in [0.1, 0.15) is 12.8 Å². The Bertz CT molecular complexity index is 197. The summed E-state index contributed by atoms with van der Waals surface area (Å²) in [4.78, 5) is 19.1. The SMILES string of the molecule is C[C@H]1OC[C@H](COP([O-])(O)=S)O1.[K+]. The van der Waals surface area contributed by atoms with Crippen LogP contribution in [0.4, 0.5) is 0 Å². The topological polar surface area (TPSA) is 71.0 Å². The molecule has 1 aliphatic rings. The van der Waals surface area contributed by atoms with Gasteiger partial charge in [-0.1, -0.05) is 11.8 Å². The van der Waals surface area contributed by atoms with Crippen LogP contribution in [0.25, 0.3) is 0 Å². The summed E-state index contributed by atoms with van der Waals surface area (Å²) in [6.45, 7) is -1.67. The van der Waals surface area contributed by atoms with Crippen LogP contribution in [0.3, 0.4) is 0 Å². The minimum Gasteiger partial charge on any atom is -0.780 e. The molecule has 1 rings (SSSR count). The van der Waals surface area contributed by atoms with E-state index in [4.69, 9.17) is 14.4 Å². The smallest absolute Gasteiger partial charge is 0.780 e. The largest absolute Gasteiger partial charge is 1.00 e. The molecule has 72 valence electrons. The van der Waals surface area contributed by atoms with Crippen LogP contribution in [0, 0.1) is 0 Å². The van der Waals surface area contributed by atoms with Crippen molar-refractivity contribution in [2.75, 3.05) is 13.2 Å². The summed E-state index contributed by atoms with van der Waals surface area (Å²) >= 11 is 4.14. The summed E-state index contributed by atoms with van der Waals surface area (Å²) in [7, 11) is 0. The number of ether oxygens (including phenoxy) is 2. The molecule has 5 nitrogen and oxygen atoms in total. The van der Waals surface area contributed by atoms with Gasteiger partial charge in [-0.15, -0.1) is 0 Å². The minimum absolute atomic E-state index is 0. The molecule has 0 saturated carbocycles. The van der Waals surface area contributed by atoms with Crippen LogP contribution in [-0.2, 0) is 25.8 Å². The fourth-order valence-electron chi connectivity index (χ4n) is 0.857. The van der Waals surface area contributed by atoms with Crippen molar-refractivity contribution in [1.82, 2.24) is 0 Å². The molecule has 0 aliphatic carbocycles. The van der Waals surface area contributed by atoms with E-state index in [1.54, 1.807) is 6.92 Å². The number of rotatable bonds is 3. The Morgan fingerprint density at radius 2 is 2.38 bits per heavy atom. The van der Waals surface area contributed by atoms with Crippen LogP contribution in [0.2, 0.25) is 0 Å². The Morgan fingerprint density at radius 1 is 1.77 bits per heavy atom. The zero-order chi connectivity index (χ0) is 9.19. The molecule has 13 heavy (non-hydrogen) atoms. The van der Waals surface area contributed by atoms with Gasteiger partial charge in [0, 0.05) is 0 Å². The van der Waals surface area contributed by atoms with Crippen molar-refractivity contribution in [3.8, 4) is 0 Å². The van der Waals surface area contributed by atoms with Crippen LogP contribution in [-0.4, -0.2) is 30.5 Å². The summed E-state index contributed by atoms with van der Waals surface area (Å²) in [5, 5.41) is 0. The van der Waals surface area contributed by atoms with E-state index in [2.05, 4.69) is 16.3 Å². The molecule has 0 spiro atoms. The first kappa shape index (κ1) is 15.1. The second-order valence-corrected chi connectivity index (χ2v) is 5.00. The standard InChI is InChI=1S/C5H11O5PS.K/c1-4-8-2-5(10-4)3-9-11(6,7)12;/h4-5H,2-3H2,1H3,(H2,6,7,12);/q;+1/p-1/t4-,5+;/m0./s1. The Morgan fingerprint density at radius 3 is 2.77 bits per heavy atom. The van der Waals surface area contributed by atoms with E-state index in [1.807, 2.05) is 0 Å². The first-order chi connectivity index (χ1) is 5.47. The average molecular weight is 252 g/mol. The van der Waals surface area contributed by atoms with Gasteiger partial charge in [0.25, 0.3) is 0 Å². The third-order valence-electron chi connectivity index (χ3n) is 1.32. The second-order valence-electron chi connectivity index (χ2n) is 2.42. The van der Waals surface area contributed by atoms with Gasteiger partial charge in [-0.05, 0) is 6.92 Å². The number of hydrogen-bond acceptors (Lipinski definition) is 5. The van der Waals surface area contributed by atoms with E-state index in [9.17, 15) is 4.89 Å². The van der Waals surface area contributed by atoms with E-state index in [0.29, 0.717) is 6.61 Å². The minimum atomic E-state index is -3.79. The van der Waals surface area contributed by atoms with Crippen LogP contribution in [0.5, 0.6) is 0 Å². The molecule has 0 aromatic carbocycles. The molecular weight excluding hydrogens is 242 g/mol. The Hall–Kier alpha value is 2.09. The van der Waals surface area contributed by atoms with E-state index in [-0.39, 0.29) is 70.4 Å². The number of hydrogen-bond donors (Lipinski definition) is 1.